The van der Waals surface area contributed by atoms with Crippen LogP contribution in [-0.4, -0.2) is 21.6 Å². The van der Waals surface area contributed by atoms with Crippen molar-refractivity contribution >= 4 is 34.1 Å². The van der Waals surface area contributed by atoms with Gasteiger partial charge in [-0.05, 0) is 43.5 Å². The van der Waals surface area contributed by atoms with Gasteiger partial charge in [-0.2, -0.15) is 0 Å². The van der Waals surface area contributed by atoms with Gasteiger partial charge in [0, 0.05) is 16.5 Å². The third kappa shape index (κ3) is 3.63. The molecule has 5 nitrogen and oxygen atoms in total. The quantitative estimate of drug-likeness (QED) is 0.360. The molecule has 0 spiro atoms. The van der Waals surface area contributed by atoms with Gasteiger partial charge in [0.2, 0.25) is 0 Å². The van der Waals surface area contributed by atoms with E-state index in [0.29, 0.717) is 16.9 Å². The minimum absolute atomic E-state index is 0.250. The molecule has 3 N–H and O–H groups in total. The minimum atomic E-state index is -0.531. The molecule has 1 aliphatic rings. The molecule has 1 amide bonds. The van der Waals surface area contributed by atoms with E-state index in [0.717, 1.165) is 30.2 Å². The van der Waals surface area contributed by atoms with Crippen molar-refractivity contribution in [2.24, 2.45) is 0 Å². The topological polar surface area (TPSA) is 74.5 Å². The van der Waals surface area contributed by atoms with Gasteiger partial charge in [0.05, 0.1) is 0 Å². The molecule has 0 unspecified atom stereocenters. The predicted molar refractivity (Wildman–Crippen MR) is 110 cm³/mol. The lowest BCUT2D eigenvalue weighted by atomic mass is 9.77. The van der Waals surface area contributed by atoms with E-state index in [-0.39, 0.29) is 10.9 Å². The molecule has 0 radical (unpaired) electrons. The van der Waals surface area contributed by atoms with E-state index >= 15 is 0 Å². The number of rotatable bonds is 3. The Bertz CT molecular complexity index is 1070. The zero-order valence-electron chi connectivity index (χ0n) is 15.0. The van der Waals surface area contributed by atoms with Crippen LogP contribution in [0.2, 0.25) is 0 Å². The number of hydroxylamine groups is 1. The van der Waals surface area contributed by atoms with Crippen molar-refractivity contribution in [3.05, 3.63) is 71.5 Å². The van der Waals surface area contributed by atoms with Gasteiger partial charge in [-0.3, -0.25) is 15.5 Å². The normalized spacial score (nSPS) is 14.5. The molecular weight excluding hydrogens is 372 g/mol. The zero-order valence-corrected chi connectivity index (χ0v) is 15.8. The summed E-state index contributed by atoms with van der Waals surface area (Å²) in [6.07, 6.45) is 2.63. The number of amides is 1. The zero-order chi connectivity index (χ0) is 19.6. The lowest BCUT2D eigenvalue weighted by molar-refractivity contribution is 0.0856. The second-order valence-electron chi connectivity index (χ2n) is 6.81. The summed E-state index contributed by atoms with van der Waals surface area (Å²) in [5.41, 5.74) is 3.64. The smallest absolute Gasteiger partial charge is 0.288 e. The van der Waals surface area contributed by atoms with Crippen molar-refractivity contribution in [3.63, 3.8) is 0 Å². The third-order valence-electron chi connectivity index (χ3n) is 4.90. The summed E-state index contributed by atoms with van der Waals surface area (Å²) in [5.74, 6) is 6.40. The highest BCUT2D eigenvalue weighted by atomic mass is 32.1. The van der Waals surface area contributed by atoms with Crippen LogP contribution in [0.25, 0.3) is 11.0 Å². The second kappa shape index (κ2) is 7.47. The van der Waals surface area contributed by atoms with Crippen LogP contribution in [0, 0.1) is 11.8 Å². The maximum absolute atomic E-state index is 12.7. The number of nitrogens with one attached hydrogen (secondary N) is 2. The first-order valence-electron chi connectivity index (χ1n) is 8.97. The molecule has 2 aromatic carbocycles. The number of benzene rings is 2. The molecule has 1 aromatic heterocycles. The number of thiocarbonyl (C=S) groups is 1. The summed E-state index contributed by atoms with van der Waals surface area (Å²) in [5, 5.41) is 12.8. The Kier molecular flexibility index (Phi) is 4.86. The van der Waals surface area contributed by atoms with Gasteiger partial charge in [-0.25, -0.2) is 0 Å². The Hall–Kier alpha value is -3.14. The SMILES string of the molecule is O=C(NC1(C#Cc2ccc(C(=S)NO)cc2)CCC1)c1cc2ccccc2o1. The van der Waals surface area contributed by atoms with E-state index in [2.05, 4.69) is 17.2 Å². The Morgan fingerprint density at radius 1 is 1.14 bits per heavy atom. The maximum atomic E-state index is 12.7. The molecule has 0 atom stereocenters. The van der Waals surface area contributed by atoms with Crippen LogP contribution in [0.1, 0.15) is 40.9 Å². The number of hydrogen-bond donors (Lipinski definition) is 3. The van der Waals surface area contributed by atoms with E-state index in [1.165, 1.54) is 0 Å². The summed E-state index contributed by atoms with van der Waals surface area (Å²) in [6, 6.07) is 16.5. The van der Waals surface area contributed by atoms with Crippen molar-refractivity contribution in [3.8, 4) is 11.8 Å². The summed E-state index contributed by atoms with van der Waals surface area (Å²) < 4.78 is 5.65. The maximum Gasteiger partial charge on any atom is 0.288 e. The van der Waals surface area contributed by atoms with Gasteiger partial charge < -0.3 is 9.73 Å². The number of furan rings is 1. The van der Waals surface area contributed by atoms with Gasteiger partial charge in [0.1, 0.15) is 16.1 Å². The van der Waals surface area contributed by atoms with Crippen LogP contribution >= 0.6 is 12.2 Å². The molecule has 0 saturated heterocycles. The monoisotopic (exact) mass is 390 g/mol. The Balaban J connectivity index is 1.51. The van der Waals surface area contributed by atoms with E-state index in [1.54, 1.807) is 18.2 Å². The van der Waals surface area contributed by atoms with Gasteiger partial charge in [0.15, 0.2) is 5.76 Å². The van der Waals surface area contributed by atoms with Gasteiger partial charge >= 0.3 is 0 Å². The lowest BCUT2D eigenvalue weighted by Crippen LogP contribution is -2.52. The fourth-order valence-electron chi connectivity index (χ4n) is 3.15. The highest BCUT2D eigenvalue weighted by molar-refractivity contribution is 7.80. The molecule has 1 saturated carbocycles. The molecule has 6 heteroatoms. The van der Waals surface area contributed by atoms with Gasteiger partial charge in [0.25, 0.3) is 5.91 Å². The molecular formula is C22H18N2O3S. The molecule has 0 bridgehead atoms. The fraction of sp³-hybridized carbons (Fsp3) is 0.182. The summed E-state index contributed by atoms with van der Waals surface area (Å²) in [6.45, 7) is 0. The van der Waals surface area contributed by atoms with E-state index < -0.39 is 5.54 Å². The van der Waals surface area contributed by atoms with Crippen molar-refractivity contribution < 1.29 is 14.4 Å². The van der Waals surface area contributed by atoms with Crippen LogP contribution in [0.15, 0.2) is 59.0 Å². The summed E-state index contributed by atoms with van der Waals surface area (Å²) in [4.78, 5) is 12.9. The Morgan fingerprint density at radius 3 is 2.54 bits per heavy atom. The van der Waals surface area contributed by atoms with Crippen LogP contribution < -0.4 is 10.8 Å². The van der Waals surface area contributed by atoms with Crippen molar-refractivity contribution in [2.75, 3.05) is 0 Å². The largest absolute Gasteiger partial charge is 0.451 e. The first kappa shape index (κ1) is 18.2. The van der Waals surface area contributed by atoms with Gasteiger partial charge in [-0.1, -0.05) is 54.4 Å². The number of para-hydroxylation sites is 1. The third-order valence-corrected chi connectivity index (χ3v) is 5.23. The number of carbonyl (C=O) groups excluding carboxylic acids is 1. The van der Waals surface area contributed by atoms with E-state index in [9.17, 15) is 4.79 Å². The minimum Gasteiger partial charge on any atom is -0.451 e. The first-order chi connectivity index (χ1) is 13.6. The highest BCUT2D eigenvalue weighted by Gasteiger charge is 2.37. The molecule has 28 heavy (non-hydrogen) atoms. The summed E-state index contributed by atoms with van der Waals surface area (Å²) in [7, 11) is 0. The first-order valence-corrected chi connectivity index (χ1v) is 9.38. The van der Waals surface area contributed by atoms with Crippen LogP contribution in [0.3, 0.4) is 0 Å². The Labute approximate surface area is 167 Å². The van der Waals surface area contributed by atoms with Crippen molar-refractivity contribution in [1.29, 1.82) is 0 Å². The van der Waals surface area contributed by atoms with Crippen molar-refractivity contribution in [2.45, 2.75) is 24.8 Å². The Morgan fingerprint density at radius 2 is 1.89 bits per heavy atom. The second-order valence-corrected chi connectivity index (χ2v) is 7.21. The molecule has 0 aliphatic heterocycles. The highest BCUT2D eigenvalue weighted by Crippen LogP contribution is 2.32. The summed E-state index contributed by atoms with van der Waals surface area (Å²) >= 11 is 4.98. The lowest BCUT2D eigenvalue weighted by Gasteiger charge is -2.37. The molecule has 1 heterocycles. The van der Waals surface area contributed by atoms with Gasteiger partial charge in [-0.15, -0.1) is 0 Å². The number of hydrogen-bond acceptors (Lipinski definition) is 4. The molecule has 1 fully saturated rings. The fourth-order valence-corrected chi connectivity index (χ4v) is 3.28. The van der Waals surface area contributed by atoms with E-state index in [4.69, 9.17) is 21.8 Å². The van der Waals surface area contributed by atoms with E-state index in [1.807, 2.05) is 41.9 Å². The average molecular weight is 390 g/mol. The molecule has 140 valence electrons. The standard InChI is InChI=1S/C22H18N2O3S/c25-20(19-14-17-4-1-2-5-18(17)27-19)23-22(11-3-12-22)13-10-15-6-8-16(9-7-15)21(28)24-26/h1-2,4-9,14,26H,3,11-12H2,(H,23,25)(H,24,28). The number of fused-ring (bicyclic) bond motifs is 1. The molecule has 1 aliphatic carbocycles. The van der Waals surface area contributed by atoms with Crippen LogP contribution in [0.4, 0.5) is 0 Å². The predicted octanol–water partition coefficient (Wildman–Crippen LogP) is 3.79. The van der Waals surface area contributed by atoms with Crippen LogP contribution in [0.5, 0.6) is 0 Å². The van der Waals surface area contributed by atoms with Crippen LogP contribution in [-0.2, 0) is 0 Å². The van der Waals surface area contributed by atoms with Crippen molar-refractivity contribution in [1.82, 2.24) is 10.8 Å². The number of carbonyl (C=O) groups is 1. The molecule has 3 aromatic rings. The molecule has 4 rings (SSSR count). The average Bonchev–Trinajstić information content (AvgIpc) is 3.14.